The van der Waals surface area contributed by atoms with E-state index in [1.165, 1.54) is 13.0 Å². The highest BCUT2D eigenvalue weighted by molar-refractivity contribution is 6.05. The van der Waals surface area contributed by atoms with Crippen LogP contribution in [0.15, 0.2) is 23.3 Å². The molecule has 40 heavy (non-hydrogen) atoms. The zero-order valence-corrected chi connectivity index (χ0v) is 24.4. The Morgan fingerprint density at radius 3 is 2.42 bits per heavy atom. The second-order valence-corrected chi connectivity index (χ2v) is 13.3. The minimum Gasteiger partial charge on any atom is -0.454 e. The van der Waals surface area contributed by atoms with Crippen LogP contribution in [0, 0.1) is 35.0 Å². The van der Waals surface area contributed by atoms with E-state index in [2.05, 4.69) is 0 Å². The predicted molar refractivity (Wildman–Crippen MR) is 140 cm³/mol. The van der Waals surface area contributed by atoms with Crippen molar-refractivity contribution in [3.8, 4) is 0 Å². The van der Waals surface area contributed by atoms with E-state index in [0.29, 0.717) is 12.0 Å². The standard InChI is InChI=1S/C30H42O10/c1-9-13(3)23(33)38-21-16(6)28(36)17-11-15(5)20(32)29(17,37)25(35)27(12-31)22(39-27)18(28)19-26(7,8)30(19,21)40-24(34)14(4)10-2/h9,11,14,16-19,21-22,25,31,35-37H,10,12H2,1-8H3. The van der Waals surface area contributed by atoms with Crippen LogP contribution in [0.1, 0.15) is 61.8 Å². The number of hydrogen-bond donors (Lipinski definition) is 4. The number of Topliss-reactive ketones (excluding diaryl/α,β-unsaturated/α-hetero) is 1. The number of ether oxygens (including phenoxy) is 3. The number of carbonyl (C=O) groups excluding carboxylic acids is 3. The average molecular weight is 563 g/mol. The molecule has 12 unspecified atom stereocenters. The summed E-state index contributed by atoms with van der Waals surface area (Å²) in [5.41, 5.74) is -7.88. The monoisotopic (exact) mass is 562 g/mol. The van der Waals surface area contributed by atoms with Crippen LogP contribution in [0.2, 0.25) is 0 Å². The molecule has 12 atom stereocenters. The lowest BCUT2D eigenvalue weighted by Gasteiger charge is -2.53. The van der Waals surface area contributed by atoms with Crippen LogP contribution in [0.25, 0.3) is 0 Å². The molecule has 3 saturated carbocycles. The fourth-order valence-electron chi connectivity index (χ4n) is 8.43. The lowest BCUT2D eigenvalue weighted by atomic mass is 9.58. The number of esters is 2. The van der Waals surface area contributed by atoms with Gasteiger partial charge in [-0.05, 0) is 32.8 Å². The summed E-state index contributed by atoms with van der Waals surface area (Å²) in [4.78, 5) is 39.9. The molecule has 1 heterocycles. The fraction of sp³-hybridized carbons (Fsp3) is 0.767. The van der Waals surface area contributed by atoms with Gasteiger partial charge in [-0.2, -0.15) is 0 Å². The summed E-state index contributed by atoms with van der Waals surface area (Å²) < 4.78 is 18.4. The smallest absolute Gasteiger partial charge is 0.333 e. The van der Waals surface area contributed by atoms with Crippen LogP contribution in [-0.2, 0) is 28.6 Å². The molecular weight excluding hydrogens is 520 g/mol. The van der Waals surface area contributed by atoms with Crippen LogP contribution < -0.4 is 0 Å². The topological polar surface area (TPSA) is 163 Å². The van der Waals surface area contributed by atoms with Gasteiger partial charge in [0.05, 0.1) is 24.2 Å². The van der Waals surface area contributed by atoms with Crippen molar-refractivity contribution < 1.29 is 49.0 Å². The number of carbonyl (C=O) groups is 3. The first-order chi connectivity index (χ1) is 18.5. The minimum atomic E-state index is -2.49. The summed E-state index contributed by atoms with van der Waals surface area (Å²) >= 11 is 0. The van der Waals surface area contributed by atoms with Crippen LogP contribution in [0.3, 0.4) is 0 Å². The molecule has 0 aromatic heterocycles. The van der Waals surface area contributed by atoms with Gasteiger partial charge in [0.1, 0.15) is 17.8 Å². The van der Waals surface area contributed by atoms with Gasteiger partial charge >= 0.3 is 11.9 Å². The Labute approximate surface area is 234 Å². The summed E-state index contributed by atoms with van der Waals surface area (Å²) in [6, 6.07) is 0. The Morgan fingerprint density at radius 1 is 1.25 bits per heavy atom. The highest BCUT2D eigenvalue weighted by Gasteiger charge is 2.93. The highest BCUT2D eigenvalue weighted by atomic mass is 16.6. The molecule has 4 N–H and O–H groups in total. The van der Waals surface area contributed by atoms with E-state index in [4.69, 9.17) is 14.2 Å². The lowest BCUT2D eigenvalue weighted by molar-refractivity contribution is -0.245. The summed E-state index contributed by atoms with van der Waals surface area (Å²) in [5, 5.41) is 46.8. The van der Waals surface area contributed by atoms with Gasteiger partial charge in [-0.1, -0.05) is 46.8 Å². The Hall–Kier alpha value is -2.11. The van der Waals surface area contributed by atoms with Gasteiger partial charge in [-0.15, -0.1) is 0 Å². The number of ketones is 1. The van der Waals surface area contributed by atoms with Crippen molar-refractivity contribution in [2.45, 2.75) is 103 Å². The first-order valence-corrected chi connectivity index (χ1v) is 14.2. The second kappa shape index (κ2) is 8.70. The van der Waals surface area contributed by atoms with E-state index in [1.807, 2.05) is 20.8 Å². The molecule has 5 rings (SSSR count). The first kappa shape index (κ1) is 29.4. The Kier molecular flexibility index (Phi) is 6.39. The van der Waals surface area contributed by atoms with Gasteiger partial charge in [0.15, 0.2) is 17.0 Å². The molecule has 0 radical (unpaired) electrons. The lowest BCUT2D eigenvalue weighted by Crippen LogP contribution is -2.69. The molecule has 0 amide bonds. The minimum absolute atomic E-state index is 0.159. The van der Waals surface area contributed by atoms with E-state index in [-0.39, 0.29) is 5.57 Å². The first-order valence-electron chi connectivity index (χ1n) is 14.2. The molecule has 1 aliphatic heterocycles. The molecule has 4 aliphatic carbocycles. The molecule has 222 valence electrons. The van der Waals surface area contributed by atoms with Crippen molar-refractivity contribution in [1.29, 1.82) is 0 Å². The quantitative estimate of drug-likeness (QED) is 0.210. The number of aliphatic hydroxyl groups is 4. The molecular formula is C30H42O10. The highest BCUT2D eigenvalue weighted by Crippen LogP contribution is 2.80. The van der Waals surface area contributed by atoms with E-state index >= 15 is 0 Å². The van der Waals surface area contributed by atoms with E-state index < -0.39 is 100 Å². The van der Waals surface area contributed by atoms with Crippen molar-refractivity contribution in [2.75, 3.05) is 6.61 Å². The summed E-state index contributed by atoms with van der Waals surface area (Å²) in [5.74, 6) is -6.16. The summed E-state index contributed by atoms with van der Waals surface area (Å²) in [6.45, 7) is 13.1. The maximum Gasteiger partial charge on any atom is 0.333 e. The average Bonchev–Trinajstić information content (AvgIpc) is 3.75. The summed E-state index contributed by atoms with van der Waals surface area (Å²) in [7, 11) is 0. The van der Waals surface area contributed by atoms with Crippen molar-refractivity contribution in [3.05, 3.63) is 23.3 Å². The molecule has 5 aliphatic rings. The molecule has 10 nitrogen and oxygen atoms in total. The van der Waals surface area contributed by atoms with Crippen molar-refractivity contribution in [3.63, 3.8) is 0 Å². The molecule has 0 spiro atoms. The SMILES string of the molecule is CC=C(C)C(=O)OC1C(C)C2(O)C(C3OC3(CO)C(O)C3(O)C(=O)C(C)=CC32)C2C(C)(C)C12OC(=O)C(C)CC. The van der Waals surface area contributed by atoms with Crippen molar-refractivity contribution in [2.24, 2.45) is 35.0 Å². The van der Waals surface area contributed by atoms with Gasteiger partial charge in [0.25, 0.3) is 0 Å². The summed E-state index contributed by atoms with van der Waals surface area (Å²) in [6.07, 6.45) is -0.370. The van der Waals surface area contributed by atoms with Gasteiger partial charge in [0, 0.05) is 34.7 Å². The normalized spacial score (nSPS) is 48.9. The van der Waals surface area contributed by atoms with Gasteiger partial charge in [-0.25, -0.2) is 4.79 Å². The molecule has 0 bridgehead atoms. The number of rotatable bonds is 6. The second-order valence-electron chi connectivity index (χ2n) is 13.3. The number of epoxide rings is 1. The third kappa shape index (κ3) is 3.14. The largest absolute Gasteiger partial charge is 0.454 e. The Bertz CT molecular complexity index is 1220. The van der Waals surface area contributed by atoms with Gasteiger partial charge in [-0.3, -0.25) is 9.59 Å². The van der Waals surface area contributed by atoms with Crippen LogP contribution >= 0.6 is 0 Å². The maximum atomic E-state index is 13.4. The van der Waals surface area contributed by atoms with Crippen LogP contribution in [-0.4, -0.2) is 85.5 Å². The number of hydrogen-bond acceptors (Lipinski definition) is 10. The zero-order chi connectivity index (χ0) is 30.0. The van der Waals surface area contributed by atoms with E-state index in [0.717, 1.165) is 0 Å². The van der Waals surface area contributed by atoms with Crippen molar-refractivity contribution in [1.82, 2.24) is 0 Å². The van der Waals surface area contributed by atoms with E-state index in [9.17, 15) is 34.8 Å². The third-order valence-electron chi connectivity index (χ3n) is 11.3. The van der Waals surface area contributed by atoms with E-state index in [1.54, 1.807) is 33.8 Å². The zero-order valence-electron chi connectivity index (χ0n) is 24.4. The molecule has 0 aromatic carbocycles. The molecule has 0 aromatic rings. The Balaban J connectivity index is 1.74. The van der Waals surface area contributed by atoms with Crippen LogP contribution in [0.4, 0.5) is 0 Å². The van der Waals surface area contributed by atoms with Crippen LogP contribution in [0.5, 0.6) is 0 Å². The van der Waals surface area contributed by atoms with Gasteiger partial charge in [0.2, 0.25) is 0 Å². The molecule has 10 heteroatoms. The molecule has 1 saturated heterocycles. The number of allylic oxidation sites excluding steroid dienone is 1. The Morgan fingerprint density at radius 2 is 1.88 bits per heavy atom. The maximum absolute atomic E-state index is 13.4. The number of aliphatic hydroxyl groups excluding tert-OH is 2. The fourth-order valence-corrected chi connectivity index (χ4v) is 8.43. The number of fused-ring (bicyclic) bond motifs is 7. The third-order valence-corrected chi connectivity index (χ3v) is 11.3. The predicted octanol–water partition coefficient (Wildman–Crippen LogP) is 1.23. The molecule has 4 fully saturated rings. The van der Waals surface area contributed by atoms with Gasteiger partial charge < -0.3 is 34.6 Å². The van der Waals surface area contributed by atoms with Crippen molar-refractivity contribution >= 4 is 17.7 Å².